The highest BCUT2D eigenvalue weighted by Crippen LogP contribution is 2.46. The molecule has 3 N–H and O–H groups in total. The van der Waals surface area contributed by atoms with Crippen LogP contribution in [0.1, 0.15) is 18.4 Å². The van der Waals surface area contributed by atoms with E-state index in [9.17, 15) is 13.9 Å². The molecule has 1 aromatic carbocycles. The van der Waals surface area contributed by atoms with Crippen molar-refractivity contribution in [1.82, 2.24) is 0 Å². The molecule has 1 saturated carbocycles. The van der Waals surface area contributed by atoms with Crippen molar-refractivity contribution < 1.29 is 13.9 Å². The molecule has 0 radical (unpaired) electrons. The van der Waals surface area contributed by atoms with Gasteiger partial charge in [-0.2, -0.15) is 0 Å². The molecule has 0 atom stereocenters. The Morgan fingerprint density at radius 2 is 1.77 bits per heavy atom. The van der Waals surface area contributed by atoms with Gasteiger partial charge >= 0.3 is 0 Å². The van der Waals surface area contributed by atoms with Gasteiger partial charge < -0.3 is 10.8 Å². The average molecular weight is 185 g/mol. The van der Waals surface area contributed by atoms with E-state index in [2.05, 4.69) is 0 Å². The highest BCUT2D eigenvalue weighted by molar-refractivity contribution is 5.41. The summed E-state index contributed by atoms with van der Waals surface area (Å²) in [6.45, 7) is 0. The first-order valence-electron chi connectivity index (χ1n) is 4.00. The molecular weight excluding hydrogens is 176 g/mol. The predicted molar refractivity (Wildman–Crippen MR) is 43.1 cm³/mol. The third-order valence-corrected chi connectivity index (χ3v) is 2.36. The second kappa shape index (κ2) is 2.42. The number of hydrogen-bond acceptors (Lipinski definition) is 2. The van der Waals surface area contributed by atoms with Crippen LogP contribution in [0.15, 0.2) is 12.1 Å². The summed E-state index contributed by atoms with van der Waals surface area (Å²) in [7, 11) is 0. The van der Waals surface area contributed by atoms with Crippen molar-refractivity contribution in [2.75, 3.05) is 0 Å². The smallest absolute Gasteiger partial charge is 0.162 e. The Bertz CT molecular complexity index is 361. The minimum atomic E-state index is -1.05. The Balaban J connectivity index is 2.52. The lowest BCUT2D eigenvalue weighted by Gasteiger charge is -2.11. The molecule has 1 aromatic rings. The number of benzene rings is 1. The predicted octanol–water partition coefficient (Wildman–Crippen LogP) is 1.62. The van der Waals surface area contributed by atoms with E-state index in [0.29, 0.717) is 18.4 Å². The van der Waals surface area contributed by atoms with Crippen molar-refractivity contribution in [3.8, 4) is 5.75 Å². The van der Waals surface area contributed by atoms with Crippen LogP contribution in [0.4, 0.5) is 8.78 Å². The Hall–Kier alpha value is -1.16. The number of halogens is 2. The minimum Gasteiger partial charge on any atom is -0.507 e. The van der Waals surface area contributed by atoms with Crippen LogP contribution in [0.25, 0.3) is 0 Å². The van der Waals surface area contributed by atoms with E-state index in [1.165, 1.54) is 0 Å². The fraction of sp³-hybridized carbons (Fsp3) is 0.333. The first kappa shape index (κ1) is 8.44. The fourth-order valence-corrected chi connectivity index (χ4v) is 1.34. The average Bonchev–Trinajstić information content (AvgIpc) is 2.77. The third-order valence-electron chi connectivity index (χ3n) is 2.36. The van der Waals surface area contributed by atoms with E-state index < -0.39 is 17.2 Å². The molecular formula is C9H9F2NO. The first-order valence-corrected chi connectivity index (χ1v) is 4.00. The molecule has 0 heterocycles. The summed E-state index contributed by atoms with van der Waals surface area (Å²) in [6, 6.07) is 1.73. The summed E-state index contributed by atoms with van der Waals surface area (Å²) >= 11 is 0. The van der Waals surface area contributed by atoms with Gasteiger partial charge in [0, 0.05) is 17.2 Å². The fourth-order valence-electron chi connectivity index (χ4n) is 1.34. The molecule has 4 heteroatoms. The van der Waals surface area contributed by atoms with Crippen LogP contribution in [0, 0.1) is 11.6 Å². The quantitative estimate of drug-likeness (QED) is 0.698. The maximum Gasteiger partial charge on any atom is 0.162 e. The van der Waals surface area contributed by atoms with Gasteiger partial charge in [-0.25, -0.2) is 8.78 Å². The van der Waals surface area contributed by atoms with Crippen LogP contribution in [0.5, 0.6) is 5.75 Å². The van der Waals surface area contributed by atoms with E-state index in [0.717, 1.165) is 12.1 Å². The van der Waals surface area contributed by atoms with Crippen molar-refractivity contribution in [3.63, 3.8) is 0 Å². The van der Waals surface area contributed by atoms with Gasteiger partial charge in [-0.15, -0.1) is 0 Å². The van der Waals surface area contributed by atoms with Gasteiger partial charge in [-0.1, -0.05) is 0 Å². The summed E-state index contributed by atoms with van der Waals surface area (Å²) in [5, 5.41) is 9.30. The number of rotatable bonds is 1. The summed E-state index contributed by atoms with van der Waals surface area (Å²) in [5.74, 6) is -2.28. The molecule has 0 aromatic heterocycles. The Labute approximate surface area is 74.0 Å². The maximum atomic E-state index is 12.8. The topological polar surface area (TPSA) is 46.2 Å². The van der Waals surface area contributed by atoms with Crippen LogP contribution in [-0.4, -0.2) is 5.11 Å². The summed E-state index contributed by atoms with van der Waals surface area (Å²) in [5.41, 5.74) is 5.40. The molecule has 0 saturated heterocycles. The molecule has 0 spiro atoms. The summed E-state index contributed by atoms with van der Waals surface area (Å²) in [6.07, 6.45) is 1.40. The molecule has 2 rings (SSSR count). The minimum absolute atomic E-state index is 0.265. The number of aromatic hydroxyl groups is 1. The van der Waals surface area contributed by atoms with E-state index >= 15 is 0 Å². The second-order valence-corrected chi connectivity index (χ2v) is 3.44. The number of nitrogens with two attached hydrogens (primary N) is 1. The van der Waals surface area contributed by atoms with Gasteiger partial charge in [0.15, 0.2) is 11.6 Å². The molecule has 0 unspecified atom stereocenters. The van der Waals surface area contributed by atoms with Crippen molar-refractivity contribution in [1.29, 1.82) is 0 Å². The molecule has 1 aliphatic carbocycles. The van der Waals surface area contributed by atoms with Crippen LogP contribution in [0.3, 0.4) is 0 Å². The molecule has 0 amide bonds. The second-order valence-electron chi connectivity index (χ2n) is 3.44. The van der Waals surface area contributed by atoms with E-state index in [4.69, 9.17) is 5.73 Å². The van der Waals surface area contributed by atoms with Gasteiger partial charge in [0.1, 0.15) is 5.75 Å². The number of phenols is 1. The first-order chi connectivity index (χ1) is 6.03. The molecule has 0 bridgehead atoms. The molecule has 1 aliphatic rings. The highest BCUT2D eigenvalue weighted by Gasteiger charge is 2.42. The normalized spacial score (nSPS) is 18.7. The largest absolute Gasteiger partial charge is 0.507 e. The Kier molecular flexibility index (Phi) is 1.57. The van der Waals surface area contributed by atoms with Gasteiger partial charge in [0.25, 0.3) is 0 Å². The lowest BCUT2D eigenvalue weighted by Crippen LogP contribution is -2.19. The van der Waals surface area contributed by atoms with Crippen molar-refractivity contribution in [2.45, 2.75) is 18.4 Å². The van der Waals surface area contributed by atoms with E-state index in [-0.39, 0.29) is 5.75 Å². The van der Waals surface area contributed by atoms with Crippen LogP contribution in [0.2, 0.25) is 0 Å². The van der Waals surface area contributed by atoms with Crippen molar-refractivity contribution >= 4 is 0 Å². The third kappa shape index (κ3) is 1.27. The van der Waals surface area contributed by atoms with Crippen molar-refractivity contribution in [3.05, 3.63) is 29.3 Å². The standard InChI is InChI=1S/C9H9F2NO/c10-6-3-5(9(12)1-2-9)8(13)4-7(6)11/h3-4,13H,1-2,12H2. The number of hydrogen-bond donors (Lipinski definition) is 2. The SMILES string of the molecule is NC1(c2cc(F)c(F)cc2O)CC1. The molecule has 13 heavy (non-hydrogen) atoms. The lowest BCUT2D eigenvalue weighted by molar-refractivity contribution is 0.439. The van der Waals surface area contributed by atoms with Crippen molar-refractivity contribution in [2.24, 2.45) is 5.73 Å². The zero-order valence-electron chi connectivity index (χ0n) is 6.85. The molecule has 0 aliphatic heterocycles. The number of phenolic OH excluding ortho intramolecular Hbond substituents is 1. The van der Waals surface area contributed by atoms with Crippen LogP contribution < -0.4 is 5.73 Å². The summed E-state index contributed by atoms with van der Waals surface area (Å²) < 4.78 is 25.4. The molecule has 70 valence electrons. The Morgan fingerprint density at radius 3 is 2.31 bits per heavy atom. The van der Waals surface area contributed by atoms with E-state index in [1.54, 1.807) is 0 Å². The lowest BCUT2D eigenvalue weighted by atomic mass is 10.0. The van der Waals surface area contributed by atoms with E-state index in [1.807, 2.05) is 0 Å². The van der Waals surface area contributed by atoms with Gasteiger partial charge in [-0.3, -0.25) is 0 Å². The van der Waals surface area contributed by atoms with Crippen LogP contribution >= 0.6 is 0 Å². The molecule has 1 fully saturated rings. The van der Waals surface area contributed by atoms with Gasteiger partial charge in [-0.05, 0) is 18.9 Å². The van der Waals surface area contributed by atoms with Gasteiger partial charge in [0.2, 0.25) is 0 Å². The maximum absolute atomic E-state index is 12.8. The zero-order valence-corrected chi connectivity index (χ0v) is 6.85. The zero-order chi connectivity index (χ0) is 9.64. The molecule has 2 nitrogen and oxygen atoms in total. The highest BCUT2D eigenvalue weighted by atomic mass is 19.2. The van der Waals surface area contributed by atoms with Crippen LogP contribution in [-0.2, 0) is 5.54 Å². The summed E-state index contributed by atoms with van der Waals surface area (Å²) in [4.78, 5) is 0. The van der Waals surface area contributed by atoms with Gasteiger partial charge in [0.05, 0.1) is 0 Å². The monoisotopic (exact) mass is 185 g/mol. The Morgan fingerprint density at radius 1 is 1.23 bits per heavy atom.